The first-order chi connectivity index (χ1) is 10.2. The molecule has 2 atom stereocenters. The van der Waals surface area contributed by atoms with Crippen LogP contribution in [0.2, 0.25) is 0 Å². The van der Waals surface area contributed by atoms with Gasteiger partial charge in [0.2, 0.25) is 0 Å². The molecular formula is C14H17N3O4. The van der Waals surface area contributed by atoms with E-state index in [1.165, 1.54) is 0 Å². The highest BCUT2D eigenvalue weighted by Gasteiger charge is 2.36. The van der Waals surface area contributed by atoms with Crippen LogP contribution in [0.1, 0.15) is 10.5 Å². The van der Waals surface area contributed by atoms with Gasteiger partial charge >= 0.3 is 5.97 Å². The van der Waals surface area contributed by atoms with Crippen molar-refractivity contribution in [1.82, 2.24) is 9.38 Å². The minimum absolute atomic E-state index is 0.0959. The standard InChI is InChI=1S/C14H17N3O4/c1-20-9-7-16(8-10(9)21-2)13-12(14(18)19)17-6-4-3-5-11(17)15-13/h3-6,9-10H,7-8H2,1-2H3,(H,18,19). The zero-order chi connectivity index (χ0) is 15.0. The highest BCUT2D eigenvalue weighted by molar-refractivity contribution is 5.93. The Labute approximate surface area is 121 Å². The summed E-state index contributed by atoms with van der Waals surface area (Å²) in [7, 11) is 3.25. The molecule has 1 aliphatic heterocycles. The van der Waals surface area contributed by atoms with Gasteiger partial charge in [0.25, 0.3) is 0 Å². The fourth-order valence-corrected chi connectivity index (χ4v) is 2.77. The van der Waals surface area contributed by atoms with Gasteiger partial charge in [-0.15, -0.1) is 0 Å². The number of pyridine rings is 1. The van der Waals surface area contributed by atoms with Gasteiger partial charge in [-0.3, -0.25) is 4.40 Å². The second-order valence-corrected chi connectivity index (χ2v) is 4.97. The van der Waals surface area contributed by atoms with Gasteiger partial charge in [-0.1, -0.05) is 6.07 Å². The number of imidazole rings is 1. The Balaban J connectivity index is 2.05. The fraction of sp³-hybridized carbons (Fsp3) is 0.429. The monoisotopic (exact) mass is 291 g/mol. The van der Waals surface area contributed by atoms with Crippen molar-refractivity contribution in [3.63, 3.8) is 0 Å². The predicted molar refractivity (Wildman–Crippen MR) is 76.0 cm³/mol. The van der Waals surface area contributed by atoms with E-state index in [1.807, 2.05) is 11.0 Å². The van der Waals surface area contributed by atoms with E-state index in [0.717, 1.165) is 0 Å². The van der Waals surface area contributed by atoms with Gasteiger partial charge in [0.05, 0.1) is 0 Å². The Morgan fingerprint density at radius 3 is 2.52 bits per heavy atom. The van der Waals surface area contributed by atoms with Crippen molar-refractivity contribution in [2.75, 3.05) is 32.2 Å². The fourth-order valence-electron chi connectivity index (χ4n) is 2.77. The summed E-state index contributed by atoms with van der Waals surface area (Å²) < 4.78 is 12.4. The highest BCUT2D eigenvalue weighted by atomic mass is 16.5. The molecule has 0 saturated carbocycles. The summed E-state index contributed by atoms with van der Waals surface area (Å²) in [5.41, 5.74) is 0.775. The van der Waals surface area contributed by atoms with Crippen molar-refractivity contribution in [2.45, 2.75) is 12.2 Å². The summed E-state index contributed by atoms with van der Waals surface area (Å²) >= 11 is 0. The van der Waals surface area contributed by atoms with E-state index >= 15 is 0 Å². The van der Waals surface area contributed by atoms with Crippen molar-refractivity contribution in [2.24, 2.45) is 0 Å². The first-order valence-corrected chi connectivity index (χ1v) is 6.66. The molecule has 2 aromatic heterocycles. The maximum atomic E-state index is 11.6. The van der Waals surface area contributed by atoms with E-state index in [1.54, 1.807) is 36.9 Å². The van der Waals surface area contributed by atoms with Crippen LogP contribution in [-0.2, 0) is 9.47 Å². The van der Waals surface area contributed by atoms with Crippen LogP contribution in [0.3, 0.4) is 0 Å². The summed E-state index contributed by atoms with van der Waals surface area (Å²) in [6, 6.07) is 5.40. The maximum Gasteiger partial charge on any atom is 0.356 e. The van der Waals surface area contributed by atoms with Crippen molar-refractivity contribution in [3.8, 4) is 0 Å². The molecule has 1 fully saturated rings. The number of fused-ring (bicyclic) bond motifs is 1. The summed E-state index contributed by atoms with van der Waals surface area (Å²) in [6.45, 7) is 1.11. The number of hydrogen-bond donors (Lipinski definition) is 1. The van der Waals surface area contributed by atoms with Crippen LogP contribution in [0.4, 0.5) is 5.82 Å². The van der Waals surface area contributed by atoms with E-state index in [-0.39, 0.29) is 17.9 Å². The predicted octanol–water partition coefficient (Wildman–Crippen LogP) is 0.882. The molecule has 2 aromatic rings. The number of carboxylic acid groups (broad SMARTS) is 1. The lowest BCUT2D eigenvalue weighted by Gasteiger charge is -2.15. The molecule has 0 amide bonds. The number of carbonyl (C=O) groups is 1. The van der Waals surface area contributed by atoms with E-state index in [4.69, 9.17) is 9.47 Å². The Kier molecular flexibility index (Phi) is 3.52. The van der Waals surface area contributed by atoms with Crippen molar-refractivity contribution in [1.29, 1.82) is 0 Å². The summed E-state index contributed by atoms with van der Waals surface area (Å²) in [5.74, 6) is -0.547. The second kappa shape index (κ2) is 5.34. The minimum atomic E-state index is -1.00. The van der Waals surface area contributed by atoms with Crippen molar-refractivity contribution < 1.29 is 19.4 Å². The van der Waals surface area contributed by atoms with Crippen LogP contribution in [-0.4, -0.2) is 60.0 Å². The molecule has 112 valence electrons. The molecule has 7 heteroatoms. The molecule has 0 aromatic carbocycles. The third kappa shape index (κ3) is 2.24. The summed E-state index contributed by atoms with van der Waals surface area (Å²) in [4.78, 5) is 18.0. The van der Waals surface area contributed by atoms with Gasteiger partial charge in [-0.05, 0) is 12.1 Å². The van der Waals surface area contributed by atoms with Crippen LogP contribution in [0.5, 0.6) is 0 Å². The number of methoxy groups -OCH3 is 2. The van der Waals surface area contributed by atoms with Gasteiger partial charge in [0.15, 0.2) is 11.5 Å². The maximum absolute atomic E-state index is 11.6. The molecule has 0 bridgehead atoms. The zero-order valence-electron chi connectivity index (χ0n) is 11.9. The Morgan fingerprint density at radius 1 is 1.29 bits per heavy atom. The lowest BCUT2D eigenvalue weighted by atomic mass is 10.3. The van der Waals surface area contributed by atoms with Crippen LogP contribution in [0.15, 0.2) is 24.4 Å². The molecule has 3 rings (SSSR count). The molecule has 1 saturated heterocycles. The molecule has 1 N–H and O–H groups in total. The smallest absolute Gasteiger partial charge is 0.356 e. The number of carboxylic acids is 1. The van der Waals surface area contributed by atoms with Gasteiger partial charge in [0.1, 0.15) is 17.9 Å². The third-order valence-electron chi connectivity index (χ3n) is 3.83. The third-order valence-corrected chi connectivity index (χ3v) is 3.83. The topological polar surface area (TPSA) is 76.3 Å². The highest BCUT2D eigenvalue weighted by Crippen LogP contribution is 2.27. The van der Waals surface area contributed by atoms with E-state index in [9.17, 15) is 9.90 Å². The SMILES string of the molecule is COC1CN(c2nc3ccccn3c2C(=O)O)CC1OC. The van der Waals surface area contributed by atoms with E-state index in [0.29, 0.717) is 24.6 Å². The van der Waals surface area contributed by atoms with Crippen molar-refractivity contribution >= 4 is 17.4 Å². The zero-order valence-corrected chi connectivity index (χ0v) is 11.9. The molecule has 0 spiro atoms. The largest absolute Gasteiger partial charge is 0.476 e. The molecule has 0 radical (unpaired) electrons. The molecule has 21 heavy (non-hydrogen) atoms. The number of aromatic carboxylic acids is 1. The molecule has 0 aliphatic carbocycles. The number of ether oxygens (including phenoxy) is 2. The number of aromatic nitrogens is 2. The Hall–Kier alpha value is -2.12. The minimum Gasteiger partial charge on any atom is -0.476 e. The van der Waals surface area contributed by atoms with Crippen LogP contribution >= 0.6 is 0 Å². The molecule has 1 aliphatic rings. The quantitative estimate of drug-likeness (QED) is 0.901. The Bertz CT molecular complexity index is 657. The van der Waals surface area contributed by atoms with E-state index in [2.05, 4.69) is 4.98 Å². The van der Waals surface area contributed by atoms with Crippen LogP contribution in [0.25, 0.3) is 5.65 Å². The van der Waals surface area contributed by atoms with E-state index < -0.39 is 5.97 Å². The Morgan fingerprint density at radius 2 is 1.95 bits per heavy atom. The summed E-state index contributed by atoms with van der Waals surface area (Å²) in [5, 5.41) is 9.51. The molecule has 3 heterocycles. The average molecular weight is 291 g/mol. The number of nitrogens with zero attached hydrogens (tertiary/aromatic N) is 3. The molecular weight excluding hydrogens is 274 g/mol. The lowest BCUT2D eigenvalue weighted by molar-refractivity contribution is -0.00461. The van der Waals surface area contributed by atoms with Crippen molar-refractivity contribution in [3.05, 3.63) is 30.1 Å². The first kappa shape index (κ1) is 13.8. The summed E-state index contributed by atoms with van der Waals surface area (Å²) in [6.07, 6.45) is 1.51. The van der Waals surface area contributed by atoms with Gasteiger partial charge in [-0.25, -0.2) is 9.78 Å². The number of rotatable bonds is 4. The number of hydrogen-bond acceptors (Lipinski definition) is 5. The lowest BCUT2D eigenvalue weighted by Crippen LogP contribution is -2.27. The molecule has 2 unspecified atom stereocenters. The number of anilines is 1. The first-order valence-electron chi connectivity index (χ1n) is 6.66. The normalized spacial score (nSPS) is 22.1. The van der Waals surface area contributed by atoms with Crippen LogP contribution in [0, 0.1) is 0 Å². The van der Waals surface area contributed by atoms with Gasteiger partial charge in [-0.2, -0.15) is 0 Å². The average Bonchev–Trinajstić information content (AvgIpc) is 3.07. The van der Waals surface area contributed by atoms with Gasteiger partial charge < -0.3 is 19.5 Å². The second-order valence-electron chi connectivity index (χ2n) is 4.97. The van der Waals surface area contributed by atoms with Crippen LogP contribution < -0.4 is 4.90 Å². The van der Waals surface area contributed by atoms with Gasteiger partial charge in [0, 0.05) is 33.5 Å². The molecule has 7 nitrogen and oxygen atoms in total.